The Balaban J connectivity index is 1.59. The Morgan fingerprint density at radius 2 is 2.17 bits per heavy atom. The van der Waals surface area contributed by atoms with Crippen molar-refractivity contribution in [2.45, 2.75) is 38.7 Å². The van der Waals surface area contributed by atoms with Gasteiger partial charge in [-0.25, -0.2) is 4.79 Å². The van der Waals surface area contributed by atoms with E-state index in [2.05, 4.69) is 15.3 Å². The lowest BCUT2D eigenvalue weighted by Crippen LogP contribution is -2.29. The lowest BCUT2D eigenvalue weighted by Gasteiger charge is -2.16. The number of esters is 1. The summed E-state index contributed by atoms with van der Waals surface area (Å²) < 4.78 is 12.1. The minimum absolute atomic E-state index is 0.0788. The first-order valence-corrected chi connectivity index (χ1v) is 8.98. The van der Waals surface area contributed by atoms with E-state index in [9.17, 15) is 14.7 Å². The first-order chi connectivity index (χ1) is 14.0. The van der Waals surface area contributed by atoms with E-state index in [-0.39, 0.29) is 18.9 Å². The monoisotopic (exact) mass is 401 g/mol. The molecule has 0 saturated carbocycles. The summed E-state index contributed by atoms with van der Waals surface area (Å²) >= 11 is 0. The number of aliphatic hydroxyl groups excluding tert-OH is 1. The Morgan fingerprint density at radius 1 is 1.38 bits per heavy atom. The van der Waals surface area contributed by atoms with Crippen molar-refractivity contribution in [1.29, 1.82) is 0 Å². The second kappa shape index (κ2) is 7.60. The van der Waals surface area contributed by atoms with Crippen molar-refractivity contribution >= 4 is 17.0 Å². The molecule has 3 unspecified atom stereocenters. The van der Waals surface area contributed by atoms with Gasteiger partial charge in [-0.15, -0.1) is 5.10 Å². The molecule has 1 saturated heterocycles. The van der Waals surface area contributed by atoms with E-state index in [0.29, 0.717) is 16.6 Å². The molecule has 1 aliphatic rings. The van der Waals surface area contributed by atoms with Crippen molar-refractivity contribution in [2.75, 3.05) is 6.61 Å². The average Bonchev–Trinajstić information content (AvgIpc) is 3.28. The SMILES string of the molecule is CC(=O)OC1CC(n2cc(C)c(On3nnc4ccccc43)nc2=O)OC1CO. The number of aromatic nitrogens is 5. The van der Waals surface area contributed by atoms with Crippen molar-refractivity contribution in [3.05, 3.63) is 46.5 Å². The molecular formula is C18H19N5O6. The normalized spacial score (nSPS) is 21.4. The van der Waals surface area contributed by atoms with Crippen LogP contribution in [0.5, 0.6) is 5.88 Å². The standard InChI is InChI=1S/C18H19N5O6/c1-10-8-22(16-7-14(27-11(2)25)15(9-24)28-16)18(26)19-17(10)29-23-13-6-4-3-5-12(13)20-21-23/h3-6,8,14-16,24H,7,9H2,1-2H3. The van der Waals surface area contributed by atoms with Crippen LogP contribution in [0.4, 0.5) is 0 Å². The minimum atomic E-state index is -0.726. The van der Waals surface area contributed by atoms with Gasteiger partial charge in [-0.1, -0.05) is 17.0 Å². The van der Waals surface area contributed by atoms with Crippen LogP contribution in [0, 0.1) is 6.92 Å². The fourth-order valence-corrected chi connectivity index (χ4v) is 3.22. The van der Waals surface area contributed by atoms with E-state index in [0.717, 1.165) is 0 Å². The highest BCUT2D eigenvalue weighted by Crippen LogP contribution is 2.30. The van der Waals surface area contributed by atoms with Gasteiger partial charge in [0.15, 0.2) is 0 Å². The largest absolute Gasteiger partial charge is 0.460 e. The molecule has 3 atom stereocenters. The molecule has 3 aromatic rings. The fourth-order valence-electron chi connectivity index (χ4n) is 3.22. The van der Waals surface area contributed by atoms with Crippen LogP contribution in [0.2, 0.25) is 0 Å². The van der Waals surface area contributed by atoms with E-state index in [1.807, 2.05) is 12.1 Å². The van der Waals surface area contributed by atoms with Gasteiger partial charge in [-0.3, -0.25) is 9.36 Å². The number of aliphatic hydroxyl groups is 1. The molecule has 1 aliphatic heterocycles. The summed E-state index contributed by atoms with van der Waals surface area (Å²) in [5.74, 6) is -0.404. The lowest BCUT2D eigenvalue weighted by molar-refractivity contribution is -0.150. The molecule has 2 aromatic heterocycles. The summed E-state index contributed by atoms with van der Waals surface area (Å²) in [7, 11) is 0. The van der Waals surface area contributed by atoms with Crippen LogP contribution in [-0.4, -0.2) is 54.6 Å². The summed E-state index contributed by atoms with van der Waals surface area (Å²) in [5.41, 5.74) is 1.22. The van der Waals surface area contributed by atoms with Gasteiger partial charge in [0.05, 0.1) is 6.61 Å². The molecular weight excluding hydrogens is 382 g/mol. The zero-order valence-electron chi connectivity index (χ0n) is 15.8. The summed E-state index contributed by atoms with van der Waals surface area (Å²) in [4.78, 5) is 34.6. The topological polar surface area (TPSA) is 131 Å². The van der Waals surface area contributed by atoms with Gasteiger partial charge in [-0.2, -0.15) is 4.98 Å². The van der Waals surface area contributed by atoms with Crippen molar-refractivity contribution in [3.8, 4) is 5.88 Å². The first-order valence-electron chi connectivity index (χ1n) is 8.98. The van der Waals surface area contributed by atoms with Crippen LogP contribution in [0.3, 0.4) is 0 Å². The van der Waals surface area contributed by atoms with Gasteiger partial charge in [0, 0.05) is 25.1 Å². The van der Waals surface area contributed by atoms with Gasteiger partial charge in [0.2, 0.25) is 0 Å². The predicted molar refractivity (Wildman–Crippen MR) is 98.0 cm³/mol. The molecule has 1 N–H and O–H groups in total. The average molecular weight is 401 g/mol. The summed E-state index contributed by atoms with van der Waals surface area (Å²) in [5, 5.41) is 17.4. The summed E-state index contributed by atoms with van der Waals surface area (Å²) in [6, 6.07) is 7.21. The van der Waals surface area contributed by atoms with Crippen molar-refractivity contribution < 1.29 is 24.2 Å². The van der Waals surface area contributed by atoms with Crippen LogP contribution >= 0.6 is 0 Å². The highest BCUT2D eigenvalue weighted by atomic mass is 16.7. The lowest BCUT2D eigenvalue weighted by atomic mass is 10.2. The molecule has 11 nitrogen and oxygen atoms in total. The van der Waals surface area contributed by atoms with E-state index >= 15 is 0 Å². The maximum atomic E-state index is 12.6. The predicted octanol–water partition coefficient (Wildman–Crippen LogP) is 0.350. The van der Waals surface area contributed by atoms with Crippen LogP contribution in [0.25, 0.3) is 11.0 Å². The Hall–Kier alpha value is -3.31. The van der Waals surface area contributed by atoms with Crippen LogP contribution in [0.1, 0.15) is 25.1 Å². The van der Waals surface area contributed by atoms with Crippen molar-refractivity contribution in [3.63, 3.8) is 0 Å². The molecule has 152 valence electrons. The molecule has 11 heteroatoms. The number of rotatable bonds is 5. The molecule has 1 aromatic carbocycles. The quantitative estimate of drug-likeness (QED) is 0.602. The van der Waals surface area contributed by atoms with Gasteiger partial charge >= 0.3 is 11.7 Å². The van der Waals surface area contributed by atoms with E-state index in [1.54, 1.807) is 25.3 Å². The number of nitrogens with zero attached hydrogens (tertiary/aromatic N) is 5. The van der Waals surface area contributed by atoms with E-state index in [4.69, 9.17) is 14.3 Å². The van der Waals surface area contributed by atoms with Crippen molar-refractivity contribution in [2.24, 2.45) is 0 Å². The first kappa shape index (κ1) is 19.0. The number of carbonyl (C=O) groups excluding carboxylic acids is 1. The molecule has 0 radical (unpaired) electrons. The third-order valence-corrected chi connectivity index (χ3v) is 4.57. The fraction of sp³-hybridized carbons (Fsp3) is 0.389. The molecule has 29 heavy (non-hydrogen) atoms. The van der Waals surface area contributed by atoms with Gasteiger partial charge in [0.1, 0.15) is 29.5 Å². The number of aryl methyl sites for hydroxylation is 1. The Kier molecular flexibility index (Phi) is 4.99. The van der Waals surface area contributed by atoms with Crippen molar-refractivity contribution in [1.82, 2.24) is 24.7 Å². The number of hydrogen-bond acceptors (Lipinski definition) is 9. The van der Waals surface area contributed by atoms with E-state index in [1.165, 1.54) is 16.3 Å². The number of hydrogen-bond donors (Lipinski definition) is 1. The highest BCUT2D eigenvalue weighted by Gasteiger charge is 2.38. The van der Waals surface area contributed by atoms with Crippen LogP contribution < -0.4 is 10.5 Å². The third kappa shape index (κ3) is 3.69. The Bertz CT molecular complexity index is 1110. The summed E-state index contributed by atoms with van der Waals surface area (Å²) in [6.07, 6.45) is -0.323. The molecule has 1 fully saturated rings. The summed E-state index contributed by atoms with van der Waals surface area (Å²) in [6.45, 7) is 2.66. The third-order valence-electron chi connectivity index (χ3n) is 4.57. The second-order valence-corrected chi connectivity index (χ2v) is 6.66. The number of ether oxygens (including phenoxy) is 2. The van der Waals surface area contributed by atoms with Gasteiger partial charge in [0.25, 0.3) is 5.88 Å². The molecule has 0 spiro atoms. The molecule has 3 heterocycles. The van der Waals surface area contributed by atoms with Crippen LogP contribution in [0.15, 0.2) is 35.3 Å². The number of para-hydroxylation sites is 1. The number of fused-ring (bicyclic) bond motifs is 1. The van der Waals surface area contributed by atoms with E-state index < -0.39 is 30.1 Å². The maximum absolute atomic E-state index is 12.6. The molecule has 0 amide bonds. The Morgan fingerprint density at radius 3 is 2.93 bits per heavy atom. The zero-order chi connectivity index (χ0) is 20.5. The molecule has 0 bridgehead atoms. The zero-order valence-corrected chi connectivity index (χ0v) is 15.8. The highest BCUT2D eigenvalue weighted by molar-refractivity contribution is 5.73. The molecule has 0 aliphatic carbocycles. The van der Waals surface area contributed by atoms with Crippen LogP contribution in [-0.2, 0) is 14.3 Å². The molecule has 4 rings (SSSR count). The smallest absolute Gasteiger partial charge is 0.353 e. The number of benzene rings is 1. The second-order valence-electron chi connectivity index (χ2n) is 6.66. The van der Waals surface area contributed by atoms with Gasteiger partial charge < -0.3 is 19.4 Å². The minimum Gasteiger partial charge on any atom is -0.460 e. The Labute approximate surface area is 164 Å². The maximum Gasteiger partial charge on any atom is 0.353 e. The number of carbonyl (C=O) groups is 1. The van der Waals surface area contributed by atoms with Gasteiger partial charge in [-0.05, 0) is 24.3 Å².